The second-order valence-electron chi connectivity index (χ2n) is 3.87. The number of nitrogens with one attached hydrogen (secondary N) is 1. The minimum Gasteiger partial charge on any atom is -0.487 e. The van der Waals surface area contributed by atoms with Gasteiger partial charge in [-0.3, -0.25) is 4.79 Å². The van der Waals surface area contributed by atoms with Crippen LogP contribution < -0.4 is 15.8 Å². The zero-order valence-corrected chi connectivity index (χ0v) is 13.5. The predicted octanol–water partition coefficient (Wildman–Crippen LogP) is 3.43. The molecule has 104 valence electrons. The van der Waals surface area contributed by atoms with Crippen LogP contribution in [0.15, 0.2) is 39.5 Å². The van der Waals surface area contributed by atoms with Crippen molar-refractivity contribution in [1.82, 2.24) is 0 Å². The minimum absolute atomic E-state index is 0.149. The summed E-state index contributed by atoms with van der Waals surface area (Å²) < 4.78 is 6.25. The number of carbonyl (C=O) groups excluding carboxylic acids is 1. The highest BCUT2D eigenvalue weighted by Crippen LogP contribution is 2.22. The third kappa shape index (κ3) is 4.29. The Bertz CT molecular complexity index is 626. The van der Waals surface area contributed by atoms with Crippen LogP contribution in [0.5, 0.6) is 5.75 Å². The first-order chi connectivity index (χ1) is 9.54. The van der Waals surface area contributed by atoms with E-state index in [0.717, 1.165) is 3.79 Å². The summed E-state index contributed by atoms with van der Waals surface area (Å²) in [4.78, 5) is 12.2. The summed E-state index contributed by atoms with van der Waals surface area (Å²) in [5.74, 6) is 0.498. The zero-order chi connectivity index (χ0) is 14.5. The quantitative estimate of drug-likeness (QED) is 0.791. The lowest BCUT2D eigenvalue weighted by atomic mass is 10.2. The summed E-state index contributed by atoms with van der Waals surface area (Å²) in [6, 6.07) is 8.79. The molecular weight excluding hydrogens is 360 g/mol. The highest BCUT2D eigenvalue weighted by atomic mass is 79.9. The highest BCUT2D eigenvalue weighted by molar-refractivity contribution is 9.11. The Kier molecular flexibility index (Phi) is 5.11. The number of anilines is 1. The van der Waals surface area contributed by atoms with Gasteiger partial charge < -0.3 is 15.8 Å². The van der Waals surface area contributed by atoms with Crippen molar-refractivity contribution in [3.63, 3.8) is 0 Å². The Balaban J connectivity index is 1.96. The molecule has 1 aromatic carbocycles. The number of thiophene rings is 1. The van der Waals surface area contributed by atoms with Gasteiger partial charge in [0.1, 0.15) is 17.3 Å². The van der Waals surface area contributed by atoms with E-state index < -0.39 is 0 Å². The molecule has 1 heterocycles. The van der Waals surface area contributed by atoms with Gasteiger partial charge in [0.05, 0.1) is 9.35 Å². The lowest BCUT2D eigenvalue weighted by molar-refractivity contribution is 0.102. The molecule has 0 fully saturated rings. The molecule has 7 heteroatoms. The minimum atomic E-state index is -0.149. The van der Waals surface area contributed by atoms with Gasteiger partial charge in [-0.2, -0.15) is 0 Å². The molecule has 20 heavy (non-hydrogen) atoms. The fourth-order valence-electron chi connectivity index (χ4n) is 1.42. The SMILES string of the molecule is NC(=S)COc1ccc(NC(=O)c2csc(Br)c2)cc1. The first-order valence-corrected chi connectivity index (χ1v) is 7.69. The maximum absolute atomic E-state index is 11.9. The summed E-state index contributed by atoms with van der Waals surface area (Å²) in [5.41, 5.74) is 6.66. The maximum Gasteiger partial charge on any atom is 0.256 e. The number of ether oxygens (including phenoxy) is 1. The first kappa shape index (κ1) is 15.0. The molecule has 0 aliphatic rings. The van der Waals surface area contributed by atoms with Crippen LogP contribution in [0.4, 0.5) is 5.69 Å². The normalized spacial score (nSPS) is 10.1. The van der Waals surface area contributed by atoms with Crippen LogP contribution in [0.25, 0.3) is 0 Å². The summed E-state index contributed by atoms with van der Waals surface area (Å²) in [6.07, 6.45) is 0. The number of halogens is 1. The molecule has 1 amide bonds. The molecule has 0 aliphatic heterocycles. The number of amides is 1. The lowest BCUT2D eigenvalue weighted by Crippen LogP contribution is -2.17. The summed E-state index contributed by atoms with van der Waals surface area (Å²) in [7, 11) is 0. The van der Waals surface area contributed by atoms with Crippen molar-refractivity contribution in [2.24, 2.45) is 5.73 Å². The number of nitrogens with two attached hydrogens (primary N) is 1. The van der Waals surface area contributed by atoms with Crippen molar-refractivity contribution in [2.75, 3.05) is 11.9 Å². The number of benzene rings is 1. The molecule has 0 atom stereocenters. The van der Waals surface area contributed by atoms with Crippen molar-refractivity contribution in [2.45, 2.75) is 0 Å². The Morgan fingerprint density at radius 1 is 1.40 bits per heavy atom. The van der Waals surface area contributed by atoms with Gasteiger partial charge in [-0.05, 0) is 46.3 Å². The van der Waals surface area contributed by atoms with Crippen LogP contribution in [0.2, 0.25) is 0 Å². The molecule has 0 spiro atoms. The molecule has 2 rings (SSSR count). The van der Waals surface area contributed by atoms with Gasteiger partial charge in [-0.15, -0.1) is 11.3 Å². The van der Waals surface area contributed by atoms with Crippen LogP contribution in [-0.2, 0) is 0 Å². The first-order valence-electron chi connectivity index (χ1n) is 5.61. The smallest absolute Gasteiger partial charge is 0.256 e. The van der Waals surface area contributed by atoms with Crippen molar-refractivity contribution < 1.29 is 9.53 Å². The van der Waals surface area contributed by atoms with E-state index in [4.69, 9.17) is 22.7 Å². The standard InChI is InChI=1S/C13H11BrN2O2S2/c14-11-5-8(7-20-11)13(17)16-9-1-3-10(4-2-9)18-6-12(15)19/h1-5,7H,6H2,(H2,15,19)(H,16,17). The van der Waals surface area contributed by atoms with Gasteiger partial charge >= 0.3 is 0 Å². The fourth-order valence-corrected chi connectivity index (χ4v) is 2.62. The zero-order valence-electron chi connectivity index (χ0n) is 10.3. The molecule has 0 saturated heterocycles. The Hall–Kier alpha value is -1.44. The van der Waals surface area contributed by atoms with Crippen LogP contribution in [0.3, 0.4) is 0 Å². The second kappa shape index (κ2) is 6.83. The van der Waals surface area contributed by atoms with E-state index >= 15 is 0 Å². The van der Waals surface area contributed by atoms with Gasteiger partial charge in [0.15, 0.2) is 0 Å². The van der Waals surface area contributed by atoms with E-state index in [9.17, 15) is 4.79 Å². The Morgan fingerprint density at radius 3 is 2.65 bits per heavy atom. The maximum atomic E-state index is 11.9. The highest BCUT2D eigenvalue weighted by Gasteiger charge is 2.08. The van der Waals surface area contributed by atoms with Gasteiger partial charge in [0, 0.05) is 11.1 Å². The largest absolute Gasteiger partial charge is 0.487 e. The van der Waals surface area contributed by atoms with E-state index in [1.54, 1.807) is 35.7 Å². The van der Waals surface area contributed by atoms with Crippen LogP contribution >= 0.6 is 39.5 Å². The monoisotopic (exact) mass is 370 g/mol. The average molecular weight is 371 g/mol. The molecule has 2 aromatic rings. The van der Waals surface area contributed by atoms with Crippen molar-refractivity contribution in [1.29, 1.82) is 0 Å². The summed E-state index contributed by atoms with van der Waals surface area (Å²) in [6.45, 7) is 0.198. The Morgan fingerprint density at radius 2 is 2.10 bits per heavy atom. The van der Waals surface area contributed by atoms with E-state index in [0.29, 0.717) is 22.0 Å². The van der Waals surface area contributed by atoms with Gasteiger partial charge in [-0.1, -0.05) is 12.2 Å². The van der Waals surface area contributed by atoms with Gasteiger partial charge in [0.2, 0.25) is 0 Å². The molecule has 0 unspecified atom stereocenters. The van der Waals surface area contributed by atoms with Crippen LogP contribution in [0.1, 0.15) is 10.4 Å². The third-order valence-electron chi connectivity index (χ3n) is 2.32. The molecule has 0 radical (unpaired) electrons. The summed E-state index contributed by atoms with van der Waals surface area (Å²) >= 11 is 9.52. The molecule has 4 nitrogen and oxygen atoms in total. The van der Waals surface area contributed by atoms with Crippen molar-refractivity contribution >= 4 is 56.1 Å². The molecule has 0 saturated carbocycles. The molecule has 0 aliphatic carbocycles. The topological polar surface area (TPSA) is 64.3 Å². The second-order valence-corrected chi connectivity index (χ2v) is 6.69. The third-order valence-corrected chi connectivity index (χ3v) is 3.95. The van der Waals surface area contributed by atoms with Crippen molar-refractivity contribution in [3.05, 3.63) is 45.1 Å². The average Bonchev–Trinajstić information content (AvgIpc) is 2.85. The van der Waals surface area contributed by atoms with Crippen LogP contribution in [-0.4, -0.2) is 17.5 Å². The fraction of sp³-hybridized carbons (Fsp3) is 0.0769. The van der Waals surface area contributed by atoms with Crippen LogP contribution in [0, 0.1) is 0 Å². The number of carbonyl (C=O) groups is 1. The number of rotatable bonds is 5. The van der Waals surface area contributed by atoms with Gasteiger partial charge in [0.25, 0.3) is 5.91 Å². The molecule has 1 aromatic heterocycles. The Labute approximate surface area is 134 Å². The molecular formula is C13H11BrN2O2S2. The molecule has 0 bridgehead atoms. The van der Waals surface area contributed by atoms with E-state index in [-0.39, 0.29) is 12.5 Å². The lowest BCUT2D eigenvalue weighted by Gasteiger charge is -2.07. The number of thiocarbonyl (C=S) groups is 1. The molecule has 3 N–H and O–H groups in total. The van der Waals surface area contributed by atoms with E-state index in [1.165, 1.54) is 11.3 Å². The number of hydrogen-bond acceptors (Lipinski definition) is 4. The summed E-state index contributed by atoms with van der Waals surface area (Å²) in [5, 5.41) is 4.60. The number of hydrogen-bond donors (Lipinski definition) is 2. The van der Waals surface area contributed by atoms with Crippen molar-refractivity contribution in [3.8, 4) is 5.75 Å². The van der Waals surface area contributed by atoms with Gasteiger partial charge in [-0.25, -0.2) is 0 Å². The predicted molar refractivity (Wildman–Crippen MR) is 88.7 cm³/mol. The van der Waals surface area contributed by atoms with E-state index in [2.05, 4.69) is 21.2 Å². The van der Waals surface area contributed by atoms with E-state index in [1.807, 2.05) is 0 Å².